The van der Waals surface area contributed by atoms with E-state index in [0.717, 1.165) is 47.9 Å². The van der Waals surface area contributed by atoms with Crippen LogP contribution in [0.15, 0.2) is 42.6 Å². The Hall–Kier alpha value is -3.09. The van der Waals surface area contributed by atoms with E-state index in [1.807, 2.05) is 52.0 Å². The van der Waals surface area contributed by atoms with Crippen LogP contribution in [0.1, 0.15) is 33.1 Å². The summed E-state index contributed by atoms with van der Waals surface area (Å²) in [6, 6.07) is 11.9. The van der Waals surface area contributed by atoms with E-state index in [2.05, 4.69) is 24.1 Å². The molecule has 1 N–H and O–H groups in total. The summed E-state index contributed by atoms with van der Waals surface area (Å²) in [6.45, 7) is 5.72. The number of likely N-dealkylation sites (tertiary alicyclic amines) is 1. The number of hydrogen-bond acceptors (Lipinski definition) is 5. The van der Waals surface area contributed by atoms with Gasteiger partial charge < -0.3 is 15.0 Å². The smallest absolute Gasteiger partial charge is 0.223 e. The fourth-order valence-corrected chi connectivity index (χ4v) is 4.07. The highest BCUT2D eigenvalue weighted by atomic mass is 16.5. The van der Waals surface area contributed by atoms with Gasteiger partial charge in [0.2, 0.25) is 5.91 Å². The maximum absolute atomic E-state index is 12.5. The second-order valence-electron chi connectivity index (χ2n) is 8.19. The molecule has 2 aromatic heterocycles. The topological polar surface area (TPSA) is 71.8 Å². The number of methoxy groups -OCH3 is 1. The molecule has 158 valence electrons. The lowest BCUT2D eigenvalue weighted by Crippen LogP contribution is -2.40. The van der Waals surface area contributed by atoms with Crippen LogP contribution < -0.4 is 10.1 Å². The molecule has 1 fully saturated rings. The number of anilines is 1. The van der Waals surface area contributed by atoms with Crippen LogP contribution >= 0.6 is 0 Å². The molecule has 1 saturated heterocycles. The van der Waals surface area contributed by atoms with Crippen LogP contribution in [0.4, 0.5) is 5.82 Å². The van der Waals surface area contributed by atoms with E-state index in [1.165, 1.54) is 0 Å². The number of amides is 1. The molecule has 1 amide bonds. The van der Waals surface area contributed by atoms with Crippen LogP contribution in [0.25, 0.3) is 16.9 Å². The molecular weight excluding hydrogens is 378 g/mol. The number of hydrogen-bond donors (Lipinski definition) is 1. The number of carbonyl (C=O) groups excluding carboxylic acids is 1. The van der Waals surface area contributed by atoms with Crippen molar-refractivity contribution in [3.63, 3.8) is 0 Å². The van der Waals surface area contributed by atoms with Crippen LogP contribution in [0.3, 0.4) is 0 Å². The summed E-state index contributed by atoms with van der Waals surface area (Å²) in [4.78, 5) is 19.0. The molecule has 7 nitrogen and oxygen atoms in total. The molecule has 3 aromatic rings. The Morgan fingerprint density at radius 2 is 2.10 bits per heavy atom. The highest BCUT2D eigenvalue weighted by Crippen LogP contribution is 2.30. The summed E-state index contributed by atoms with van der Waals surface area (Å²) in [5, 5.41) is 8.18. The summed E-state index contributed by atoms with van der Waals surface area (Å²) < 4.78 is 7.33. The van der Waals surface area contributed by atoms with Crippen LogP contribution in [0, 0.1) is 5.92 Å². The normalized spacial score (nSPS) is 16.4. The Balaban J connectivity index is 1.52. The van der Waals surface area contributed by atoms with Gasteiger partial charge >= 0.3 is 0 Å². The van der Waals surface area contributed by atoms with Gasteiger partial charge in [-0.1, -0.05) is 26.0 Å². The summed E-state index contributed by atoms with van der Waals surface area (Å²) in [6.07, 6.45) is 4.50. The van der Waals surface area contributed by atoms with Crippen molar-refractivity contribution in [2.24, 2.45) is 5.92 Å². The number of benzene rings is 1. The third-order valence-electron chi connectivity index (χ3n) is 5.54. The first-order chi connectivity index (χ1) is 14.6. The van der Waals surface area contributed by atoms with Gasteiger partial charge in [-0.15, -0.1) is 5.10 Å². The van der Waals surface area contributed by atoms with Crippen molar-refractivity contribution < 1.29 is 9.53 Å². The van der Waals surface area contributed by atoms with Crippen molar-refractivity contribution >= 4 is 17.4 Å². The molecule has 30 heavy (non-hydrogen) atoms. The molecule has 1 aliphatic rings. The van der Waals surface area contributed by atoms with E-state index >= 15 is 0 Å². The number of carbonyl (C=O) groups is 1. The molecular formula is C23H29N5O2. The first kappa shape index (κ1) is 20.2. The van der Waals surface area contributed by atoms with Gasteiger partial charge in [-0.2, -0.15) is 0 Å². The monoisotopic (exact) mass is 407 g/mol. The number of nitrogens with one attached hydrogen (secondary N) is 1. The molecule has 0 aliphatic carbocycles. The van der Waals surface area contributed by atoms with E-state index in [-0.39, 0.29) is 11.9 Å². The molecule has 0 radical (unpaired) electrons. The van der Waals surface area contributed by atoms with Gasteiger partial charge in [-0.25, -0.2) is 9.50 Å². The quantitative estimate of drug-likeness (QED) is 0.644. The zero-order chi connectivity index (χ0) is 21.1. The summed E-state index contributed by atoms with van der Waals surface area (Å²) in [7, 11) is 1.66. The van der Waals surface area contributed by atoms with Crippen molar-refractivity contribution in [2.75, 3.05) is 25.5 Å². The van der Waals surface area contributed by atoms with Gasteiger partial charge in [0.05, 0.1) is 19.0 Å². The standard InChI is InChI=1S/C23H29N5O2/c1-16(2)13-23(29)27-12-6-7-17(27)14-24-21-10-11-22-25-15-19(28(22)26-21)18-8-4-5-9-20(18)30-3/h4-5,8-11,15-17H,6-7,12-14H2,1-3H3,(H,24,26)/t17-/m0/s1. The van der Waals surface area contributed by atoms with Crippen LogP contribution in [0.2, 0.25) is 0 Å². The average Bonchev–Trinajstić information content (AvgIpc) is 3.38. The molecule has 0 unspecified atom stereocenters. The van der Waals surface area contributed by atoms with Gasteiger partial charge in [0.15, 0.2) is 5.65 Å². The highest BCUT2D eigenvalue weighted by Gasteiger charge is 2.28. The second kappa shape index (κ2) is 8.73. The Morgan fingerprint density at radius 3 is 2.90 bits per heavy atom. The van der Waals surface area contributed by atoms with Gasteiger partial charge in [-0.3, -0.25) is 4.79 Å². The molecule has 0 spiro atoms. The molecule has 7 heteroatoms. The highest BCUT2D eigenvalue weighted by molar-refractivity contribution is 5.77. The molecule has 3 heterocycles. The maximum atomic E-state index is 12.5. The van der Waals surface area contributed by atoms with E-state index < -0.39 is 0 Å². The first-order valence-electron chi connectivity index (χ1n) is 10.6. The van der Waals surface area contributed by atoms with Gasteiger partial charge in [0.25, 0.3) is 0 Å². The van der Waals surface area contributed by atoms with Crippen molar-refractivity contribution in [3.05, 3.63) is 42.6 Å². The van der Waals surface area contributed by atoms with Crippen molar-refractivity contribution in [2.45, 2.75) is 39.2 Å². The number of nitrogens with zero attached hydrogens (tertiary/aromatic N) is 4. The minimum absolute atomic E-state index is 0.213. The maximum Gasteiger partial charge on any atom is 0.223 e. The lowest BCUT2D eigenvalue weighted by atomic mass is 10.1. The van der Waals surface area contributed by atoms with Crippen LogP contribution in [0.5, 0.6) is 5.75 Å². The van der Waals surface area contributed by atoms with Crippen molar-refractivity contribution in [1.29, 1.82) is 0 Å². The second-order valence-corrected chi connectivity index (χ2v) is 8.19. The fraction of sp³-hybridized carbons (Fsp3) is 0.435. The Bertz CT molecular complexity index is 1030. The molecule has 1 atom stereocenters. The predicted octanol–water partition coefficient (Wildman–Crippen LogP) is 3.85. The number of aromatic nitrogens is 3. The van der Waals surface area contributed by atoms with E-state index in [4.69, 9.17) is 9.84 Å². The Morgan fingerprint density at radius 1 is 1.27 bits per heavy atom. The largest absolute Gasteiger partial charge is 0.496 e. The summed E-state index contributed by atoms with van der Waals surface area (Å²) in [5.41, 5.74) is 2.59. The summed E-state index contributed by atoms with van der Waals surface area (Å²) in [5.74, 6) is 2.18. The van der Waals surface area contributed by atoms with Crippen molar-refractivity contribution in [3.8, 4) is 17.0 Å². The molecule has 0 saturated carbocycles. The Labute approximate surface area is 177 Å². The van der Waals surface area contributed by atoms with Crippen molar-refractivity contribution in [1.82, 2.24) is 19.5 Å². The lowest BCUT2D eigenvalue weighted by Gasteiger charge is -2.26. The molecule has 0 bridgehead atoms. The number of imidazole rings is 1. The van der Waals surface area contributed by atoms with Gasteiger partial charge in [0, 0.05) is 31.1 Å². The van der Waals surface area contributed by atoms with E-state index in [9.17, 15) is 4.79 Å². The third kappa shape index (κ3) is 4.10. The van der Waals surface area contributed by atoms with Gasteiger partial charge in [-0.05, 0) is 43.0 Å². The van der Waals surface area contributed by atoms with Gasteiger partial charge in [0.1, 0.15) is 11.6 Å². The van der Waals surface area contributed by atoms with E-state index in [1.54, 1.807) is 7.11 Å². The number of fused-ring (bicyclic) bond motifs is 1. The fourth-order valence-electron chi connectivity index (χ4n) is 4.07. The van der Waals surface area contributed by atoms with Crippen LogP contribution in [-0.4, -0.2) is 51.6 Å². The molecule has 1 aliphatic heterocycles. The Kier molecular flexibility index (Phi) is 5.88. The SMILES string of the molecule is COc1ccccc1-c1cnc2ccc(NC[C@@H]3CCCN3C(=O)CC(C)C)nn12. The zero-order valence-corrected chi connectivity index (χ0v) is 17.8. The average molecular weight is 408 g/mol. The summed E-state index contributed by atoms with van der Waals surface area (Å²) >= 11 is 0. The van der Waals surface area contributed by atoms with Crippen LogP contribution in [-0.2, 0) is 4.79 Å². The molecule has 4 rings (SSSR count). The minimum Gasteiger partial charge on any atom is -0.496 e. The molecule has 1 aromatic carbocycles. The minimum atomic E-state index is 0.213. The first-order valence-corrected chi connectivity index (χ1v) is 10.6. The lowest BCUT2D eigenvalue weighted by molar-refractivity contribution is -0.132. The number of rotatable bonds is 7. The van der Waals surface area contributed by atoms with E-state index in [0.29, 0.717) is 18.9 Å². The zero-order valence-electron chi connectivity index (χ0n) is 17.8. The number of ether oxygens (including phenoxy) is 1. The number of para-hydroxylation sites is 1. The predicted molar refractivity (Wildman–Crippen MR) is 118 cm³/mol. The third-order valence-corrected chi connectivity index (χ3v) is 5.54.